The summed E-state index contributed by atoms with van der Waals surface area (Å²) in [4.78, 5) is 4.77. The minimum absolute atomic E-state index is 0.317. The van der Waals surface area contributed by atoms with Crippen LogP contribution in [0.5, 0.6) is 0 Å². The van der Waals surface area contributed by atoms with Gasteiger partial charge in [0.1, 0.15) is 0 Å². The minimum atomic E-state index is 0.317. The summed E-state index contributed by atoms with van der Waals surface area (Å²) in [6.45, 7) is 5.54. The number of amidine groups is 1. The SMILES string of the molecule is CCC1(CC)CSC(=NCC2CSCCS2)N1. The Hall–Kier alpha value is 0.520. The molecule has 0 radical (unpaired) electrons. The number of nitrogens with one attached hydrogen (secondary N) is 1. The quantitative estimate of drug-likeness (QED) is 0.860. The van der Waals surface area contributed by atoms with Crippen LogP contribution in [0.3, 0.4) is 0 Å². The molecule has 2 aliphatic heterocycles. The molecular formula is C12H22N2S3. The summed E-state index contributed by atoms with van der Waals surface area (Å²) in [6, 6.07) is 0. The van der Waals surface area contributed by atoms with Crippen LogP contribution in [0.2, 0.25) is 0 Å². The Morgan fingerprint density at radius 1 is 1.35 bits per heavy atom. The monoisotopic (exact) mass is 290 g/mol. The largest absolute Gasteiger partial charge is 0.359 e. The molecule has 17 heavy (non-hydrogen) atoms. The van der Waals surface area contributed by atoms with Gasteiger partial charge in [-0.05, 0) is 12.8 Å². The molecule has 2 rings (SSSR count). The second-order valence-corrected chi connectivity index (χ2v) is 8.14. The lowest BCUT2D eigenvalue weighted by Gasteiger charge is -2.25. The highest BCUT2D eigenvalue weighted by Gasteiger charge is 2.33. The molecule has 0 aromatic carbocycles. The highest BCUT2D eigenvalue weighted by Crippen LogP contribution is 2.29. The van der Waals surface area contributed by atoms with Crippen molar-refractivity contribution in [3.63, 3.8) is 0 Å². The van der Waals surface area contributed by atoms with Crippen molar-refractivity contribution in [2.24, 2.45) is 4.99 Å². The lowest BCUT2D eigenvalue weighted by atomic mass is 9.96. The summed E-state index contributed by atoms with van der Waals surface area (Å²) >= 11 is 6.08. The predicted molar refractivity (Wildman–Crippen MR) is 84.8 cm³/mol. The van der Waals surface area contributed by atoms with Crippen LogP contribution >= 0.6 is 35.3 Å². The van der Waals surface area contributed by atoms with E-state index >= 15 is 0 Å². The Morgan fingerprint density at radius 3 is 2.76 bits per heavy atom. The summed E-state index contributed by atoms with van der Waals surface area (Å²) in [5, 5.41) is 5.56. The first-order valence-electron chi connectivity index (χ1n) is 6.43. The van der Waals surface area contributed by atoms with Gasteiger partial charge < -0.3 is 5.32 Å². The van der Waals surface area contributed by atoms with Crippen molar-refractivity contribution in [1.29, 1.82) is 0 Å². The standard InChI is InChI=1S/C12H22N2S3/c1-3-12(4-2)9-17-11(14-12)13-7-10-8-15-5-6-16-10/h10H,3-9H2,1-2H3,(H,13,14). The third kappa shape index (κ3) is 3.74. The number of thioether (sulfide) groups is 3. The van der Waals surface area contributed by atoms with E-state index in [1.165, 1.54) is 41.0 Å². The fourth-order valence-electron chi connectivity index (χ4n) is 2.05. The second kappa shape index (κ2) is 6.62. The van der Waals surface area contributed by atoms with E-state index in [4.69, 9.17) is 4.99 Å². The zero-order chi connectivity index (χ0) is 12.1. The van der Waals surface area contributed by atoms with Gasteiger partial charge in [0.25, 0.3) is 0 Å². The molecule has 0 aromatic heterocycles. The van der Waals surface area contributed by atoms with Crippen molar-refractivity contribution in [3.8, 4) is 0 Å². The minimum Gasteiger partial charge on any atom is -0.359 e. The van der Waals surface area contributed by atoms with Gasteiger partial charge in [-0.2, -0.15) is 23.5 Å². The summed E-state index contributed by atoms with van der Waals surface area (Å²) in [5.74, 6) is 5.08. The molecule has 1 atom stereocenters. The number of nitrogens with zero attached hydrogens (tertiary/aromatic N) is 1. The molecule has 2 saturated heterocycles. The van der Waals surface area contributed by atoms with Gasteiger partial charge in [-0.1, -0.05) is 25.6 Å². The molecular weight excluding hydrogens is 268 g/mol. The van der Waals surface area contributed by atoms with Crippen molar-refractivity contribution in [2.45, 2.75) is 37.5 Å². The average molecular weight is 291 g/mol. The van der Waals surface area contributed by atoms with Crippen molar-refractivity contribution in [1.82, 2.24) is 5.32 Å². The van der Waals surface area contributed by atoms with Crippen LogP contribution in [0.1, 0.15) is 26.7 Å². The van der Waals surface area contributed by atoms with Crippen molar-refractivity contribution in [3.05, 3.63) is 0 Å². The van der Waals surface area contributed by atoms with E-state index in [0.717, 1.165) is 11.8 Å². The lowest BCUT2D eigenvalue weighted by Crippen LogP contribution is -2.42. The van der Waals surface area contributed by atoms with Crippen molar-refractivity contribution in [2.75, 3.05) is 29.6 Å². The first-order chi connectivity index (χ1) is 8.28. The van der Waals surface area contributed by atoms with E-state index in [0.29, 0.717) is 5.54 Å². The fourth-order valence-corrected chi connectivity index (χ4v) is 5.97. The van der Waals surface area contributed by atoms with E-state index in [-0.39, 0.29) is 0 Å². The first kappa shape index (κ1) is 13.9. The van der Waals surface area contributed by atoms with Crippen LogP contribution in [-0.2, 0) is 0 Å². The number of rotatable bonds is 4. The molecule has 0 saturated carbocycles. The Labute approximate surface area is 118 Å². The smallest absolute Gasteiger partial charge is 0.157 e. The first-order valence-corrected chi connectivity index (χ1v) is 9.61. The summed E-state index contributed by atoms with van der Waals surface area (Å²) in [6.07, 6.45) is 2.40. The van der Waals surface area contributed by atoms with E-state index in [1.807, 2.05) is 11.8 Å². The van der Waals surface area contributed by atoms with Crippen LogP contribution in [0.25, 0.3) is 0 Å². The van der Waals surface area contributed by atoms with Gasteiger partial charge in [-0.25, -0.2) is 0 Å². The van der Waals surface area contributed by atoms with Gasteiger partial charge in [-0.3, -0.25) is 4.99 Å². The number of hydrogen-bond donors (Lipinski definition) is 1. The zero-order valence-electron chi connectivity index (χ0n) is 10.7. The Balaban J connectivity index is 1.82. The van der Waals surface area contributed by atoms with Crippen LogP contribution in [0.4, 0.5) is 0 Å². The maximum atomic E-state index is 4.77. The van der Waals surface area contributed by atoms with E-state index in [9.17, 15) is 0 Å². The maximum absolute atomic E-state index is 4.77. The molecule has 1 unspecified atom stereocenters. The molecule has 0 aliphatic carbocycles. The highest BCUT2D eigenvalue weighted by atomic mass is 32.2. The molecule has 2 heterocycles. The molecule has 2 fully saturated rings. The zero-order valence-corrected chi connectivity index (χ0v) is 13.1. The Bertz CT molecular complexity index is 271. The van der Waals surface area contributed by atoms with Gasteiger partial charge in [-0.15, -0.1) is 0 Å². The van der Waals surface area contributed by atoms with Gasteiger partial charge in [0.2, 0.25) is 0 Å². The van der Waals surface area contributed by atoms with Gasteiger partial charge in [0.15, 0.2) is 5.17 Å². The topological polar surface area (TPSA) is 24.4 Å². The van der Waals surface area contributed by atoms with E-state index in [2.05, 4.69) is 42.7 Å². The third-order valence-electron chi connectivity index (χ3n) is 3.53. The van der Waals surface area contributed by atoms with Gasteiger partial charge in [0, 0.05) is 33.8 Å². The highest BCUT2D eigenvalue weighted by molar-refractivity contribution is 8.14. The van der Waals surface area contributed by atoms with E-state index < -0.39 is 0 Å². The molecule has 0 bridgehead atoms. The van der Waals surface area contributed by atoms with Crippen molar-refractivity contribution >= 4 is 40.5 Å². The molecule has 0 amide bonds. The van der Waals surface area contributed by atoms with Crippen LogP contribution < -0.4 is 5.32 Å². The van der Waals surface area contributed by atoms with E-state index in [1.54, 1.807) is 0 Å². The molecule has 5 heteroatoms. The maximum Gasteiger partial charge on any atom is 0.157 e. The van der Waals surface area contributed by atoms with Crippen LogP contribution in [0, 0.1) is 0 Å². The molecule has 1 N–H and O–H groups in total. The van der Waals surface area contributed by atoms with Gasteiger partial charge in [0.05, 0.1) is 6.54 Å². The second-order valence-electron chi connectivity index (χ2n) is 4.61. The molecule has 0 spiro atoms. The summed E-state index contributed by atoms with van der Waals surface area (Å²) < 4.78 is 0. The van der Waals surface area contributed by atoms with Crippen molar-refractivity contribution < 1.29 is 0 Å². The molecule has 2 aliphatic rings. The normalized spacial score (nSPS) is 30.5. The number of aliphatic imine (C=N–C) groups is 1. The predicted octanol–water partition coefficient (Wildman–Crippen LogP) is 3.09. The molecule has 98 valence electrons. The lowest BCUT2D eigenvalue weighted by molar-refractivity contribution is 0.407. The Kier molecular flexibility index (Phi) is 5.43. The Morgan fingerprint density at radius 2 is 2.18 bits per heavy atom. The van der Waals surface area contributed by atoms with Crippen LogP contribution in [0.15, 0.2) is 4.99 Å². The molecule has 0 aromatic rings. The third-order valence-corrected chi connectivity index (χ3v) is 7.56. The fraction of sp³-hybridized carbons (Fsp3) is 0.917. The van der Waals surface area contributed by atoms with Gasteiger partial charge >= 0.3 is 0 Å². The summed E-state index contributed by atoms with van der Waals surface area (Å²) in [5.41, 5.74) is 0.317. The number of hydrogen-bond acceptors (Lipinski definition) is 4. The molecule has 2 nitrogen and oxygen atoms in total. The average Bonchev–Trinajstić information content (AvgIpc) is 2.82. The van der Waals surface area contributed by atoms with Crippen LogP contribution in [-0.4, -0.2) is 45.5 Å². The summed E-state index contributed by atoms with van der Waals surface area (Å²) in [7, 11) is 0.